The first-order chi connectivity index (χ1) is 8.13. The smallest absolute Gasteiger partial charge is 0.340 e. The minimum absolute atomic E-state index is 0.267. The number of ether oxygens (including phenoxy) is 3. The number of rotatable bonds is 5. The molecule has 17 heavy (non-hydrogen) atoms. The Balaban J connectivity index is 3.03. The number of benzene rings is 1. The van der Waals surface area contributed by atoms with Crippen molar-refractivity contribution in [2.24, 2.45) is 0 Å². The standard InChI is InChI=1S/C11H14BrNO4/c1-15-9-5-7(11(14)17-4-3-12)8(13)6-10(9)16-2/h5-6H,3-4,13H2,1-2H3. The van der Waals surface area contributed by atoms with Crippen LogP contribution in [0.5, 0.6) is 11.5 Å². The largest absolute Gasteiger partial charge is 0.493 e. The number of nitrogen functional groups attached to an aromatic ring is 1. The van der Waals surface area contributed by atoms with Crippen molar-refractivity contribution in [3.8, 4) is 11.5 Å². The van der Waals surface area contributed by atoms with Crippen LogP contribution in [-0.4, -0.2) is 32.1 Å². The highest BCUT2D eigenvalue weighted by Gasteiger charge is 2.16. The molecule has 1 aromatic carbocycles. The highest BCUT2D eigenvalue weighted by atomic mass is 79.9. The second-order valence-electron chi connectivity index (χ2n) is 3.12. The molecule has 0 fully saturated rings. The van der Waals surface area contributed by atoms with E-state index in [9.17, 15) is 4.79 Å². The predicted octanol–water partition coefficient (Wildman–Crippen LogP) is 1.84. The lowest BCUT2D eigenvalue weighted by Gasteiger charge is -2.11. The normalized spacial score (nSPS) is 9.82. The van der Waals surface area contributed by atoms with Gasteiger partial charge in [0.25, 0.3) is 0 Å². The van der Waals surface area contributed by atoms with E-state index in [-0.39, 0.29) is 12.2 Å². The van der Waals surface area contributed by atoms with Crippen molar-refractivity contribution >= 4 is 27.6 Å². The molecule has 0 radical (unpaired) electrons. The number of hydrogen-bond acceptors (Lipinski definition) is 5. The maximum Gasteiger partial charge on any atom is 0.340 e. The third-order valence-electron chi connectivity index (χ3n) is 2.09. The van der Waals surface area contributed by atoms with Crippen LogP contribution in [0, 0.1) is 0 Å². The van der Waals surface area contributed by atoms with E-state index in [1.807, 2.05) is 0 Å². The van der Waals surface area contributed by atoms with Gasteiger partial charge in [-0.15, -0.1) is 0 Å². The highest BCUT2D eigenvalue weighted by Crippen LogP contribution is 2.32. The number of hydrogen-bond donors (Lipinski definition) is 1. The monoisotopic (exact) mass is 303 g/mol. The Hall–Kier alpha value is -1.43. The van der Waals surface area contributed by atoms with Crippen LogP contribution in [0.1, 0.15) is 10.4 Å². The molecule has 0 atom stereocenters. The van der Waals surface area contributed by atoms with Gasteiger partial charge in [-0.3, -0.25) is 0 Å². The Morgan fingerprint density at radius 2 is 1.88 bits per heavy atom. The summed E-state index contributed by atoms with van der Waals surface area (Å²) < 4.78 is 15.1. The molecule has 0 amide bonds. The van der Waals surface area contributed by atoms with Crippen LogP contribution in [0.2, 0.25) is 0 Å². The summed E-state index contributed by atoms with van der Waals surface area (Å²) in [6.45, 7) is 0.284. The fraction of sp³-hybridized carbons (Fsp3) is 0.364. The van der Waals surface area contributed by atoms with Crippen LogP contribution in [-0.2, 0) is 4.74 Å². The molecule has 0 aliphatic heterocycles. The average Bonchev–Trinajstić information content (AvgIpc) is 2.35. The number of esters is 1. The average molecular weight is 304 g/mol. The molecule has 0 aliphatic carbocycles. The predicted molar refractivity (Wildman–Crippen MR) is 68.0 cm³/mol. The fourth-order valence-electron chi connectivity index (χ4n) is 1.28. The lowest BCUT2D eigenvalue weighted by Crippen LogP contribution is -2.10. The van der Waals surface area contributed by atoms with E-state index in [4.69, 9.17) is 19.9 Å². The molecule has 6 heteroatoms. The van der Waals surface area contributed by atoms with E-state index in [0.29, 0.717) is 22.5 Å². The van der Waals surface area contributed by atoms with Gasteiger partial charge in [-0.25, -0.2) is 4.79 Å². The van der Waals surface area contributed by atoms with Crippen LogP contribution < -0.4 is 15.2 Å². The quantitative estimate of drug-likeness (QED) is 0.510. The van der Waals surface area contributed by atoms with Gasteiger partial charge in [0.05, 0.1) is 25.5 Å². The Morgan fingerprint density at radius 1 is 1.29 bits per heavy atom. The van der Waals surface area contributed by atoms with Crippen molar-refractivity contribution in [1.82, 2.24) is 0 Å². The minimum atomic E-state index is -0.483. The van der Waals surface area contributed by atoms with Gasteiger partial charge >= 0.3 is 5.97 Å². The Labute approximate surface area is 108 Å². The molecule has 0 heterocycles. The summed E-state index contributed by atoms with van der Waals surface area (Å²) in [6.07, 6.45) is 0. The number of carbonyl (C=O) groups excluding carboxylic acids is 1. The molecular weight excluding hydrogens is 290 g/mol. The SMILES string of the molecule is COc1cc(N)c(C(=O)OCCBr)cc1OC. The van der Waals surface area contributed by atoms with Gasteiger partial charge in [0.1, 0.15) is 6.61 Å². The van der Waals surface area contributed by atoms with Gasteiger partial charge in [-0.2, -0.15) is 0 Å². The summed E-state index contributed by atoms with van der Waals surface area (Å²) in [5.41, 5.74) is 6.31. The summed E-state index contributed by atoms with van der Waals surface area (Å²) in [5, 5.41) is 0.575. The zero-order chi connectivity index (χ0) is 12.8. The second-order valence-corrected chi connectivity index (χ2v) is 3.91. The van der Waals surface area contributed by atoms with E-state index in [2.05, 4.69) is 15.9 Å². The van der Waals surface area contributed by atoms with Gasteiger partial charge in [-0.1, -0.05) is 15.9 Å². The van der Waals surface area contributed by atoms with E-state index >= 15 is 0 Å². The first-order valence-corrected chi connectivity index (χ1v) is 6.00. The van der Waals surface area contributed by atoms with Gasteiger partial charge in [0.2, 0.25) is 0 Å². The maximum atomic E-state index is 11.7. The Kier molecular flexibility index (Phi) is 5.09. The molecule has 0 aliphatic rings. The van der Waals surface area contributed by atoms with E-state index < -0.39 is 5.97 Å². The van der Waals surface area contributed by atoms with Crippen LogP contribution in [0.25, 0.3) is 0 Å². The zero-order valence-corrected chi connectivity index (χ0v) is 11.2. The van der Waals surface area contributed by atoms with E-state index in [0.717, 1.165) is 0 Å². The molecule has 5 nitrogen and oxygen atoms in total. The van der Waals surface area contributed by atoms with Crippen molar-refractivity contribution in [1.29, 1.82) is 0 Å². The van der Waals surface area contributed by atoms with Crippen LogP contribution >= 0.6 is 15.9 Å². The van der Waals surface area contributed by atoms with Crippen molar-refractivity contribution < 1.29 is 19.0 Å². The van der Waals surface area contributed by atoms with Crippen molar-refractivity contribution in [2.45, 2.75) is 0 Å². The zero-order valence-electron chi connectivity index (χ0n) is 9.66. The Bertz CT molecular complexity index is 409. The van der Waals surface area contributed by atoms with Crippen molar-refractivity contribution in [3.05, 3.63) is 17.7 Å². The molecule has 0 unspecified atom stereocenters. The fourth-order valence-corrected chi connectivity index (χ4v) is 1.44. The van der Waals surface area contributed by atoms with E-state index in [1.165, 1.54) is 26.4 Å². The van der Waals surface area contributed by atoms with E-state index in [1.54, 1.807) is 0 Å². The number of nitrogens with two attached hydrogens (primary N) is 1. The Morgan fingerprint density at radius 3 is 2.41 bits per heavy atom. The molecule has 1 aromatic rings. The first-order valence-electron chi connectivity index (χ1n) is 4.88. The summed E-state index contributed by atoms with van der Waals surface area (Å²) >= 11 is 3.17. The molecule has 0 bridgehead atoms. The number of alkyl halides is 1. The van der Waals surface area contributed by atoms with Gasteiger partial charge in [0.15, 0.2) is 11.5 Å². The molecular formula is C11H14BrNO4. The first kappa shape index (κ1) is 13.6. The number of carbonyl (C=O) groups is 1. The summed E-state index contributed by atoms with van der Waals surface area (Å²) in [5.74, 6) is 0.428. The van der Waals surface area contributed by atoms with Crippen LogP contribution in [0.4, 0.5) is 5.69 Å². The molecule has 1 rings (SSSR count). The third-order valence-corrected chi connectivity index (χ3v) is 2.41. The lowest BCUT2D eigenvalue weighted by atomic mass is 10.1. The van der Waals surface area contributed by atoms with Gasteiger partial charge in [-0.05, 0) is 0 Å². The topological polar surface area (TPSA) is 70.8 Å². The van der Waals surface area contributed by atoms with Gasteiger partial charge in [0, 0.05) is 17.5 Å². The molecule has 94 valence electrons. The maximum absolute atomic E-state index is 11.7. The van der Waals surface area contributed by atoms with Crippen LogP contribution in [0.3, 0.4) is 0 Å². The second kappa shape index (κ2) is 6.34. The molecule has 0 spiro atoms. The minimum Gasteiger partial charge on any atom is -0.493 e. The molecule has 0 saturated carbocycles. The molecule has 0 saturated heterocycles. The number of methoxy groups -OCH3 is 2. The molecule has 2 N–H and O–H groups in total. The lowest BCUT2D eigenvalue weighted by molar-refractivity contribution is 0.0532. The summed E-state index contributed by atoms with van der Waals surface area (Å²) in [4.78, 5) is 11.7. The van der Waals surface area contributed by atoms with Crippen molar-refractivity contribution in [2.75, 3.05) is 31.9 Å². The highest BCUT2D eigenvalue weighted by molar-refractivity contribution is 9.09. The van der Waals surface area contributed by atoms with Gasteiger partial charge < -0.3 is 19.9 Å². The third kappa shape index (κ3) is 3.26. The number of halogens is 1. The molecule has 0 aromatic heterocycles. The van der Waals surface area contributed by atoms with Crippen molar-refractivity contribution in [3.63, 3.8) is 0 Å². The number of anilines is 1. The summed E-state index contributed by atoms with van der Waals surface area (Å²) in [7, 11) is 2.99. The summed E-state index contributed by atoms with van der Waals surface area (Å²) in [6, 6.07) is 3.04. The van der Waals surface area contributed by atoms with Crippen LogP contribution in [0.15, 0.2) is 12.1 Å².